The predicted molar refractivity (Wildman–Crippen MR) is 57.0 cm³/mol. The third-order valence-corrected chi connectivity index (χ3v) is 1.86. The lowest BCUT2D eigenvalue weighted by atomic mass is 10.2. The Balaban J connectivity index is 3.01. The van der Waals surface area contributed by atoms with Gasteiger partial charge in [0.25, 0.3) is 5.69 Å². The van der Waals surface area contributed by atoms with Gasteiger partial charge in [0.05, 0.1) is 11.3 Å². The van der Waals surface area contributed by atoms with Crippen LogP contribution in [0.2, 0.25) is 0 Å². The van der Waals surface area contributed by atoms with Crippen LogP contribution in [0.4, 0.5) is 15.8 Å². The van der Waals surface area contributed by atoms with Crippen LogP contribution in [0.5, 0.6) is 0 Å². The van der Waals surface area contributed by atoms with Crippen molar-refractivity contribution in [1.82, 2.24) is 0 Å². The molecule has 0 heterocycles. The number of carbonyl (C=O) groups excluding carboxylic acids is 2. The molecule has 1 amide bonds. The molecular weight excluding hydrogens is 231 g/mol. The molecule has 0 aliphatic carbocycles. The number of nitrogens with one attached hydrogen (secondary N) is 1. The fourth-order valence-electron chi connectivity index (χ4n) is 1.20. The number of para-hydroxylation sites is 1. The Labute approximate surface area is 95.6 Å². The fourth-order valence-corrected chi connectivity index (χ4v) is 1.20. The minimum atomic E-state index is -0.920. The van der Waals surface area contributed by atoms with Crippen molar-refractivity contribution < 1.29 is 18.9 Å². The summed E-state index contributed by atoms with van der Waals surface area (Å²) in [6, 6.07) is 3.21. The largest absolute Gasteiger partial charge is 0.318 e. The maximum atomic E-state index is 13.3. The van der Waals surface area contributed by atoms with Crippen molar-refractivity contribution in [1.29, 1.82) is 0 Å². The minimum absolute atomic E-state index is 0.415. The lowest BCUT2D eigenvalue weighted by molar-refractivity contribution is -0.384. The second kappa shape index (κ2) is 5.15. The van der Waals surface area contributed by atoms with E-state index < -0.39 is 40.2 Å². The van der Waals surface area contributed by atoms with Crippen LogP contribution in [0.25, 0.3) is 0 Å². The monoisotopic (exact) mass is 240 g/mol. The lowest BCUT2D eigenvalue weighted by Crippen LogP contribution is -2.16. The number of carbonyl (C=O) groups is 2. The number of halogens is 1. The standard InChI is InChI=1S/C10H9FN2O4/c1-6(14)5-9(15)12-10-7(11)3-2-4-8(10)13(16)17/h2-4H,5H2,1H3,(H,12,15). The first-order chi connectivity index (χ1) is 7.91. The van der Waals surface area contributed by atoms with E-state index in [-0.39, 0.29) is 0 Å². The highest BCUT2D eigenvalue weighted by molar-refractivity contribution is 6.04. The average molecular weight is 240 g/mol. The topological polar surface area (TPSA) is 89.3 Å². The molecule has 1 aromatic rings. The molecule has 90 valence electrons. The van der Waals surface area contributed by atoms with Crippen LogP contribution in [-0.4, -0.2) is 16.6 Å². The van der Waals surface area contributed by atoms with Gasteiger partial charge in [-0.3, -0.25) is 19.7 Å². The predicted octanol–water partition coefficient (Wildman–Crippen LogP) is 1.65. The van der Waals surface area contributed by atoms with Crippen molar-refractivity contribution in [3.63, 3.8) is 0 Å². The van der Waals surface area contributed by atoms with Crippen molar-refractivity contribution >= 4 is 23.1 Å². The van der Waals surface area contributed by atoms with E-state index >= 15 is 0 Å². The molecule has 0 bridgehead atoms. The highest BCUT2D eigenvalue weighted by Crippen LogP contribution is 2.26. The molecule has 0 aromatic heterocycles. The molecule has 1 aromatic carbocycles. The number of rotatable bonds is 4. The lowest BCUT2D eigenvalue weighted by Gasteiger charge is -2.05. The molecule has 0 unspecified atom stereocenters. The first-order valence-electron chi connectivity index (χ1n) is 4.64. The molecule has 0 saturated carbocycles. The summed E-state index contributed by atoms with van der Waals surface area (Å²) in [5.41, 5.74) is -1.08. The highest BCUT2D eigenvalue weighted by Gasteiger charge is 2.20. The van der Waals surface area contributed by atoms with Gasteiger partial charge in [-0.1, -0.05) is 6.07 Å². The summed E-state index contributed by atoms with van der Waals surface area (Å²) in [5.74, 6) is -2.12. The normalized spacial score (nSPS) is 9.76. The van der Waals surface area contributed by atoms with E-state index in [2.05, 4.69) is 0 Å². The Bertz CT molecular complexity index is 487. The highest BCUT2D eigenvalue weighted by atomic mass is 19.1. The summed E-state index contributed by atoms with van der Waals surface area (Å²) in [4.78, 5) is 31.7. The van der Waals surface area contributed by atoms with Crippen molar-refractivity contribution in [3.8, 4) is 0 Å². The zero-order chi connectivity index (χ0) is 13.0. The van der Waals surface area contributed by atoms with Crippen LogP contribution < -0.4 is 5.32 Å². The minimum Gasteiger partial charge on any atom is -0.318 e. The Morgan fingerprint density at radius 1 is 1.47 bits per heavy atom. The summed E-state index contributed by atoms with van der Waals surface area (Å²) in [6.45, 7) is 1.19. The van der Waals surface area contributed by atoms with E-state index in [1.54, 1.807) is 0 Å². The molecule has 0 fully saturated rings. The molecule has 7 heteroatoms. The molecule has 0 aliphatic rings. The van der Waals surface area contributed by atoms with Gasteiger partial charge in [0.15, 0.2) is 11.5 Å². The second-order valence-electron chi connectivity index (χ2n) is 3.32. The van der Waals surface area contributed by atoms with Gasteiger partial charge in [-0.05, 0) is 13.0 Å². The van der Waals surface area contributed by atoms with E-state index in [0.717, 1.165) is 18.2 Å². The third-order valence-electron chi connectivity index (χ3n) is 1.86. The Morgan fingerprint density at radius 2 is 2.12 bits per heavy atom. The first-order valence-corrected chi connectivity index (χ1v) is 4.64. The number of ketones is 1. The van der Waals surface area contributed by atoms with Gasteiger partial charge < -0.3 is 5.32 Å². The van der Waals surface area contributed by atoms with E-state index in [1.165, 1.54) is 6.92 Å². The van der Waals surface area contributed by atoms with Crippen molar-refractivity contribution in [2.24, 2.45) is 0 Å². The van der Waals surface area contributed by atoms with Crippen LogP contribution in [0.3, 0.4) is 0 Å². The number of amides is 1. The number of benzene rings is 1. The molecule has 1 rings (SSSR count). The maximum absolute atomic E-state index is 13.3. The van der Waals surface area contributed by atoms with Crippen LogP contribution in [0.15, 0.2) is 18.2 Å². The fraction of sp³-hybridized carbons (Fsp3) is 0.200. The van der Waals surface area contributed by atoms with Gasteiger partial charge in [0.1, 0.15) is 5.78 Å². The summed E-state index contributed by atoms with van der Waals surface area (Å²) in [5, 5.41) is 12.6. The molecular formula is C10H9FN2O4. The van der Waals surface area contributed by atoms with Crippen LogP contribution in [-0.2, 0) is 9.59 Å². The van der Waals surface area contributed by atoms with Crippen molar-refractivity contribution in [2.75, 3.05) is 5.32 Å². The number of hydrogen-bond donors (Lipinski definition) is 1. The van der Waals surface area contributed by atoms with Crippen LogP contribution in [0.1, 0.15) is 13.3 Å². The van der Waals surface area contributed by atoms with Crippen molar-refractivity contribution in [3.05, 3.63) is 34.1 Å². The first kappa shape index (κ1) is 12.8. The van der Waals surface area contributed by atoms with Crippen molar-refractivity contribution in [2.45, 2.75) is 13.3 Å². The Morgan fingerprint density at radius 3 is 2.65 bits per heavy atom. The van der Waals surface area contributed by atoms with E-state index in [4.69, 9.17) is 0 Å². The second-order valence-corrected chi connectivity index (χ2v) is 3.32. The van der Waals surface area contributed by atoms with E-state index in [0.29, 0.717) is 0 Å². The van der Waals surface area contributed by atoms with E-state index in [9.17, 15) is 24.1 Å². The number of nitrogens with zero attached hydrogens (tertiary/aromatic N) is 1. The molecule has 0 aliphatic heterocycles. The smallest absolute Gasteiger partial charge is 0.295 e. The SMILES string of the molecule is CC(=O)CC(=O)Nc1c(F)cccc1[N+](=O)[O-]. The molecule has 0 radical (unpaired) electrons. The molecule has 0 spiro atoms. The maximum Gasteiger partial charge on any atom is 0.295 e. The van der Waals surface area contributed by atoms with Gasteiger partial charge in [-0.25, -0.2) is 4.39 Å². The van der Waals surface area contributed by atoms with Gasteiger partial charge in [0, 0.05) is 6.07 Å². The van der Waals surface area contributed by atoms with Gasteiger partial charge in [-0.15, -0.1) is 0 Å². The summed E-state index contributed by atoms with van der Waals surface area (Å²) in [7, 11) is 0. The number of nitro benzene ring substituents is 1. The number of anilines is 1. The van der Waals surface area contributed by atoms with Gasteiger partial charge in [0.2, 0.25) is 5.91 Å². The summed E-state index contributed by atoms with van der Waals surface area (Å²) in [6.07, 6.45) is -0.453. The Hall–Kier alpha value is -2.31. The quantitative estimate of drug-likeness (QED) is 0.492. The molecule has 0 atom stereocenters. The molecule has 17 heavy (non-hydrogen) atoms. The zero-order valence-corrected chi connectivity index (χ0v) is 8.90. The average Bonchev–Trinajstić information content (AvgIpc) is 2.19. The molecule has 0 saturated heterocycles. The number of Topliss-reactive ketones (excluding diaryl/α,β-unsaturated/α-hetero) is 1. The zero-order valence-electron chi connectivity index (χ0n) is 8.90. The number of nitro groups is 1. The summed E-state index contributed by atoms with van der Waals surface area (Å²) >= 11 is 0. The Kier molecular flexibility index (Phi) is 3.86. The third kappa shape index (κ3) is 3.33. The van der Waals surface area contributed by atoms with Crippen LogP contribution >= 0.6 is 0 Å². The number of hydrogen-bond acceptors (Lipinski definition) is 4. The van der Waals surface area contributed by atoms with Crippen LogP contribution in [0, 0.1) is 15.9 Å². The molecule has 1 N–H and O–H groups in total. The van der Waals surface area contributed by atoms with E-state index in [1.807, 2.05) is 5.32 Å². The van der Waals surface area contributed by atoms with Gasteiger partial charge in [-0.2, -0.15) is 0 Å². The molecule has 6 nitrogen and oxygen atoms in total. The summed E-state index contributed by atoms with van der Waals surface area (Å²) < 4.78 is 13.3. The van der Waals surface area contributed by atoms with Gasteiger partial charge >= 0.3 is 0 Å².